The maximum atomic E-state index is 6.07. The summed E-state index contributed by atoms with van der Waals surface area (Å²) in [6.45, 7) is 3.20. The van der Waals surface area contributed by atoms with Crippen molar-refractivity contribution in [1.82, 2.24) is 9.38 Å². The van der Waals surface area contributed by atoms with E-state index in [9.17, 15) is 0 Å². The maximum Gasteiger partial charge on any atom is 0.163 e. The van der Waals surface area contributed by atoms with Crippen molar-refractivity contribution in [3.05, 3.63) is 71.4 Å². The van der Waals surface area contributed by atoms with Crippen molar-refractivity contribution >= 4 is 28.8 Å². The Morgan fingerprint density at radius 1 is 0.964 bits per heavy atom. The van der Waals surface area contributed by atoms with E-state index in [1.165, 1.54) is 0 Å². The summed E-state index contributed by atoms with van der Waals surface area (Å²) in [6, 6.07) is 19.7. The van der Waals surface area contributed by atoms with Gasteiger partial charge >= 0.3 is 0 Å². The Kier molecular flexibility index (Phi) is 4.10. The summed E-state index contributed by atoms with van der Waals surface area (Å²) in [6.07, 6.45) is 0. The van der Waals surface area contributed by atoms with Crippen molar-refractivity contribution in [2.75, 3.05) is 18.5 Å². The van der Waals surface area contributed by atoms with Gasteiger partial charge in [0.05, 0.1) is 0 Å². The topological polar surface area (TPSA) is 47.8 Å². The molecule has 0 bridgehead atoms. The Balaban J connectivity index is 1.65. The third-order valence-corrected chi connectivity index (χ3v) is 5.01. The number of nitrogens with one attached hydrogen (secondary N) is 1. The van der Waals surface area contributed by atoms with Crippen molar-refractivity contribution in [2.24, 2.45) is 0 Å². The minimum absolute atomic E-state index is 0.557. The fourth-order valence-corrected chi connectivity index (χ4v) is 3.56. The van der Waals surface area contributed by atoms with Gasteiger partial charge in [-0.1, -0.05) is 29.8 Å². The lowest BCUT2D eigenvalue weighted by molar-refractivity contribution is 0.171. The van der Waals surface area contributed by atoms with Gasteiger partial charge < -0.3 is 14.8 Å². The highest BCUT2D eigenvalue weighted by Gasteiger charge is 2.17. The predicted molar refractivity (Wildman–Crippen MR) is 111 cm³/mol. The van der Waals surface area contributed by atoms with Crippen LogP contribution in [-0.2, 0) is 0 Å². The Labute approximate surface area is 167 Å². The molecular formula is C22H18ClN3O2. The normalized spacial score (nSPS) is 12.9. The van der Waals surface area contributed by atoms with Gasteiger partial charge in [-0.25, -0.2) is 4.98 Å². The highest BCUT2D eigenvalue weighted by Crippen LogP contribution is 2.36. The number of ether oxygens (including phenoxy) is 2. The highest BCUT2D eigenvalue weighted by molar-refractivity contribution is 6.30. The van der Waals surface area contributed by atoms with E-state index < -0.39 is 0 Å². The van der Waals surface area contributed by atoms with Gasteiger partial charge in [-0.3, -0.25) is 4.40 Å². The average molecular weight is 392 g/mol. The minimum atomic E-state index is 0.557. The molecular weight excluding hydrogens is 374 g/mol. The van der Waals surface area contributed by atoms with E-state index in [2.05, 4.69) is 22.7 Å². The number of hydrogen-bond donors (Lipinski definition) is 1. The fourth-order valence-electron chi connectivity index (χ4n) is 3.44. The van der Waals surface area contributed by atoms with Gasteiger partial charge in [-0.15, -0.1) is 0 Å². The molecule has 1 aliphatic heterocycles. The Bertz CT molecular complexity index is 1170. The molecule has 5 nitrogen and oxygen atoms in total. The minimum Gasteiger partial charge on any atom is -0.486 e. The number of aromatic nitrogens is 2. The maximum absolute atomic E-state index is 6.07. The number of fused-ring (bicyclic) bond motifs is 2. The molecule has 0 saturated heterocycles. The van der Waals surface area contributed by atoms with Gasteiger partial charge in [0.15, 0.2) is 11.5 Å². The quantitative estimate of drug-likeness (QED) is 0.502. The molecule has 1 N–H and O–H groups in total. The molecule has 28 heavy (non-hydrogen) atoms. The zero-order valence-corrected chi connectivity index (χ0v) is 16.0. The van der Waals surface area contributed by atoms with E-state index in [0.717, 1.165) is 45.6 Å². The van der Waals surface area contributed by atoms with Gasteiger partial charge in [0.2, 0.25) is 0 Å². The van der Waals surface area contributed by atoms with Crippen LogP contribution in [0, 0.1) is 6.92 Å². The lowest BCUT2D eigenvalue weighted by Crippen LogP contribution is -2.15. The summed E-state index contributed by atoms with van der Waals surface area (Å²) < 4.78 is 13.5. The third-order valence-electron chi connectivity index (χ3n) is 4.76. The van der Waals surface area contributed by atoms with E-state index >= 15 is 0 Å². The molecule has 4 aromatic rings. The Morgan fingerprint density at radius 2 is 1.75 bits per heavy atom. The predicted octanol–water partition coefficient (Wildman–Crippen LogP) is 5.48. The summed E-state index contributed by atoms with van der Waals surface area (Å²) in [5.74, 6) is 2.41. The molecule has 3 heterocycles. The van der Waals surface area contributed by atoms with Crippen LogP contribution in [-0.4, -0.2) is 22.6 Å². The first-order valence-corrected chi connectivity index (χ1v) is 9.47. The molecule has 6 heteroatoms. The van der Waals surface area contributed by atoms with E-state index in [1.54, 1.807) is 0 Å². The zero-order valence-electron chi connectivity index (χ0n) is 15.3. The van der Waals surface area contributed by atoms with Crippen molar-refractivity contribution < 1.29 is 9.47 Å². The van der Waals surface area contributed by atoms with Crippen LogP contribution in [0.1, 0.15) is 5.69 Å². The van der Waals surface area contributed by atoms with E-state index in [0.29, 0.717) is 18.2 Å². The first kappa shape index (κ1) is 17.0. The first-order chi connectivity index (χ1) is 13.7. The number of hydrogen-bond acceptors (Lipinski definition) is 4. The van der Waals surface area contributed by atoms with E-state index in [4.69, 9.17) is 26.1 Å². The SMILES string of the molecule is Cc1cccc2nc(-c3ccc(Cl)cc3)c(Nc3ccc4c(c3)OCCO4)n12. The Morgan fingerprint density at radius 3 is 2.57 bits per heavy atom. The van der Waals surface area contributed by atoms with E-state index in [-0.39, 0.29) is 0 Å². The smallest absolute Gasteiger partial charge is 0.163 e. The van der Waals surface area contributed by atoms with Crippen LogP contribution in [0.4, 0.5) is 11.5 Å². The molecule has 0 saturated carbocycles. The molecule has 140 valence electrons. The van der Waals surface area contributed by atoms with Crippen LogP contribution in [0.3, 0.4) is 0 Å². The van der Waals surface area contributed by atoms with Crippen molar-refractivity contribution in [1.29, 1.82) is 0 Å². The lowest BCUT2D eigenvalue weighted by atomic mass is 10.1. The standard InChI is InChI=1S/C22H18ClN3O2/c1-14-3-2-4-20-25-21(15-5-7-16(23)8-6-15)22(26(14)20)24-17-9-10-18-19(13-17)28-12-11-27-18/h2-10,13,24H,11-12H2,1H3. The number of aryl methyl sites for hydroxylation is 1. The summed E-state index contributed by atoms with van der Waals surface area (Å²) in [5, 5.41) is 4.23. The highest BCUT2D eigenvalue weighted by atomic mass is 35.5. The molecule has 0 aliphatic carbocycles. The van der Waals surface area contributed by atoms with Gasteiger partial charge in [-0.05, 0) is 43.3 Å². The molecule has 2 aromatic heterocycles. The van der Waals surface area contributed by atoms with Crippen molar-refractivity contribution in [2.45, 2.75) is 6.92 Å². The van der Waals surface area contributed by atoms with Crippen LogP contribution in [0.2, 0.25) is 5.02 Å². The average Bonchev–Trinajstić information content (AvgIpc) is 3.08. The van der Waals surface area contributed by atoms with Crippen molar-refractivity contribution in [3.63, 3.8) is 0 Å². The van der Waals surface area contributed by atoms with Crippen LogP contribution < -0.4 is 14.8 Å². The first-order valence-electron chi connectivity index (χ1n) is 9.10. The van der Waals surface area contributed by atoms with Crippen LogP contribution in [0.25, 0.3) is 16.9 Å². The Hall–Kier alpha value is -3.18. The number of pyridine rings is 1. The molecule has 1 aliphatic rings. The van der Waals surface area contributed by atoms with Crippen LogP contribution in [0.15, 0.2) is 60.7 Å². The lowest BCUT2D eigenvalue weighted by Gasteiger charge is -2.19. The number of benzene rings is 2. The van der Waals surface area contributed by atoms with Gasteiger partial charge in [0.25, 0.3) is 0 Å². The number of halogens is 1. The van der Waals surface area contributed by atoms with Gasteiger partial charge in [0, 0.05) is 28.0 Å². The number of imidazole rings is 1. The molecule has 0 unspecified atom stereocenters. The largest absolute Gasteiger partial charge is 0.486 e. The second-order valence-corrected chi connectivity index (χ2v) is 7.10. The summed E-state index contributed by atoms with van der Waals surface area (Å²) in [5.41, 5.74) is 4.73. The zero-order chi connectivity index (χ0) is 19.1. The number of rotatable bonds is 3. The fraction of sp³-hybridized carbons (Fsp3) is 0.136. The van der Waals surface area contributed by atoms with Crippen molar-refractivity contribution in [3.8, 4) is 22.8 Å². The van der Waals surface area contributed by atoms with Gasteiger partial charge in [-0.2, -0.15) is 0 Å². The summed E-state index contributed by atoms with van der Waals surface area (Å²) in [4.78, 5) is 4.86. The molecule has 5 rings (SSSR count). The van der Waals surface area contributed by atoms with Gasteiger partial charge in [0.1, 0.15) is 30.4 Å². The monoisotopic (exact) mass is 391 g/mol. The number of anilines is 2. The summed E-state index contributed by atoms with van der Waals surface area (Å²) >= 11 is 6.07. The third kappa shape index (κ3) is 2.94. The molecule has 0 fully saturated rings. The van der Waals surface area contributed by atoms with Crippen LogP contribution >= 0.6 is 11.6 Å². The second-order valence-electron chi connectivity index (χ2n) is 6.66. The second kappa shape index (κ2) is 6.77. The molecule has 0 spiro atoms. The van der Waals surface area contributed by atoms with E-state index in [1.807, 2.05) is 54.6 Å². The molecule has 0 atom stereocenters. The molecule has 0 radical (unpaired) electrons. The number of nitrogens with zero attached hydrogens (tertiary/aromatic N) is 2. The molecule has 2 aromatic carbocycles. The van der Waals surface area contributed by atoms with Crippen LogP contribution in [0.5, 0.6) is 11.5 Å². The molecule has 0 amide bonds. The summed E-state index contributed by atoms with van der Waals surface area (Å²) in [7, 11) is 0.